The molecule has 0 N–H and O–H groups in total. The quantitative estimate of drug-likeness (QED) is 0.548. The van der Waals surface area contributed by atoms with Crippen molar-refractivity contribution in [2.75, 3.05) is 0 Å². The van der Waals surface area contributed by atoms with Crippen LogP contribution in [0.25, 0.3) is 0 Å². The number of hydrogen-bond acceptors (Lipinski definition) is 2. The highest BCUT2D eigenvalue weighted by molar-refractivity contribution is 9.69. The van der Waals surface area contributed by atoms with Crippen molar-refractivity contribution in [1.82, 2.24) is 4.67 Å². The Bertz CT molecular complexity index is 168. The Morgan fingerprint density at radius 2 is 1.60 bits per heavy atom. The van der Waals surface area contributed by atoms with Gasteiger partial charge < -0.3 is 0 Å². The molecule has 0 aromatic carbocycles. The Hall–Kier alpha value is 0.530. The minimum absolute atomic E-state index is 0.0927. The lowest BCUT2D eigenvalue weighted by Gasteiger charge is -2.12. The van der Waals surface area contributed by atoms with Crippen LogP contribution < -0.4 is 0 Å². The van der Waals surface area contributed by atoms with Gasteiger partial charge in [-0.1, -0.05) is 0 Å². The summed E-state index contributed by atoms with van der Waals surface area (Å²) < 4.78 is 1.23. The predicted molar refractivity (Wildman–Crippen MR) is 45.9 cm³/mol. The van der Waals surface area contributed by atoms with Crippen LogP contribution in [0.5, 0.6) is 0 Å². The van der Waals surface area contributed by atoms with E-state index >= 15 is 0 Å². The second-order valence-corrected chi connectivity index (χ2v) is 9.53. The molecule has 0 aliphatic carbocycles. The fraction of sp³-hybridized carbons (Fsp3) is 0.500. The van der Waals surface area contributed by atoms with Crippen LogP contribution in [-0.2, 0) is 9.59 Å². The van der Waals surface area contributed by atoms with Gasteiger partial charge in [-0.25, -0.2) is 4.67 Å². The molecule has 1 saturated heterocycles. The summed E-state index contributed by atoms with van der Waals surface area (Å²) in [4.78, 5) is 21.8. The van der Waals surface area contributed by atoms with E-state index < -0.39 is 5.48 Å². The van der Waals surface area contributed by atoms with Gasteiger partial charge in [-0.2, -0.15) is 0 Å². The van der Waals surface area contributed by atoms with Crippen molar-refractivity contribution >= 4 is 48.3 Å². The van der Waals surface area contributed by atoms with Gasteiger partial charge in [0.1, 0.15) is 5.48 Å². The van der Waals surface area contributed by atoms with E-state index in [0.29, 0.717) is 12.8 Å². The standard InChI is InChI=1S/C4H4Br2NO2P/c5-10(6)7-3(8)1-2-4(7)9/h1-2H2. The normalized spacial score (nSPS) is 19.3. The summed E-state index contributed by atoms with van der Waals surface area (Å²) in [6.07, 6.45) is 0.712. The molecule has 0 saturated carbocycles. The number of carbonyl (C=O) groups is 2. The van der Waals surface area contributed by atoms with Crippen LogP contribution in [0, 0.1) is 0 Å². The van der Waals surface area contributed by atoms with Gasteiger partial charge in [0.05, 0.1) is 0 Å². The third-order valence-electron chi connectivity index (χ3n) is 1.18. The van der Waals surface area contributed by atoms with Crippen LogP contribution in [0.15, 0.2) is 0 Å². The van der Waals surface area contributed by atoms with Crippen LogP contribution in [0.4, 0.5) is 0 Å². The minimum Gasteiger partial charge on any atom is -0.274 e. The number of carbonyl (C=O) groups excluding carboxylic acids is 2. The van der Waals surface area contributed by atoms with E-state index in [2.05, 4.69) is 31.0 Å². The summed E-state index contributed by atoms with van der Waals surface area (Å²) in [6.45, 7) is 0. The maximum absolute atomic E-state index is 10.9. The van der Waals surface area contributed by atoms with E-state index in [1.807, 2.05) is 0 Å². The number of rotatable bonds is 1. The van der Waals surface area contributed by atoms with Crippen molar-refractivity contribution in [1.29, 1.82) is 0 Å². The van der Waals surface area contributed by atoms with Gasteiger partial charge in [0.15, 0.2) is 0 Å². The minimum atomic E-state index is -0.921. The van der Waals surface area contributed by atoms with E-state index in [1.165, 1.54) is 4.67 Å². The second-order valence-electron chi connectivity index (χ2n) is 1.81. The first-order chi connectivity index (χ1) is 4.63. The molecule has 1 aliphatic rings. The summed E-state index contributed by atoms with van der Waals surface area (Å²) in [5.74, 6) is -0.185. The monoisotopic (exact) mass is 287 g/mol. The molecule has 10 heavy (non-hydrogen) atoms. The zero-order valence-corrected chi connectivity index (χ0v) is 8.95. The number of nitrogens with zero attached hydrogens (tertiary/aromatic N) is 1. The van der Waals surface area contributed by atoms with Gasteiger partial charge in [-0.05, 0) is 31.0 Å². The summed E-state index contributed by atoms with van der Waals surface area (Å²) in [6, 6.07) is 0. The first kappa shape index (κ1) is 8.62. The molecule has 0 aromatic rings. The predicted octanol–water partition coefficient (Wildman–Crippen LogP) is 2.15. The first-order valence-electron chi connectivity index (χ1n) is 2.60. The van der Waals surface area contributed by atoms with E-state index in [1.54, 1.807) is 0 Å². The van der Waals surface area contributed by atoms with Crippen LogP contribution in [0.1, 0.15) is 12.8 Å². The van der Waals surface area contributed by atoms with Crippen LogP contribution >= 0.6 is 36.5 Å². The molecule has 0 bridgehead atoms. The van der Waals surface area contributed by atoms with Gasteiger partial charge in [-0.15, -0.1) is 0 Å². The third-order valence-corrected chi connectivity index (χ3v) is 3.83. The highest BCUT2D eigenvalue weighted by atomic mass is 79.9. The van der Waals surface area contributed by atoms with E-state index in [9.17, 15) is 9.59 Å². The Morgan fingerprint density at radius 1 is 1.20 bits per heavy atom. The Balaban J connectivity index is 2.72. The summed E-state index contributed by atoms with van der Waals surface area (Å²) in [5, 5.41) is 0. The first-order valence-corrected chi connectivity index (χ1v) is 7.93. The van der Waals surface area contributed by atoms with Crippen molar-refractivity contribution < 1.29 is 9.59 Å². The van der Waals surface area contributed by atoms with E-state index in [-0.39, 0.29) is 11.8 Å². The average molecular weight is 289 g/mol. The topological polar surface area (TPSA) is 37.4 Å². The lowest BCUT2D eigenvalue weighted by Crippen LogP contribution is -2.19. The number of halogens is 2. The highest BCUT2D eigenvalue weighted by Gasteiger charge is 2.32. The fourth-order valence-corrected chi connectivity index (χ4v) is 3.39. The Labute approximate surface area is 75.4 Å². The Kier molecular flexibility index (Phi) is 2.83. The smallest absolute Gasteiger partial charge is 0.234 e. The van der Waals surface area contributed by atoms with Gasteiger partial charge in [-0.3, -0.25) is 9.59 Å². The number of amides is 2. The molecule has 0 atom stereocenters. The number of imide groups is 1. The second kappa shape index (κ2) is 3.28. The molecule has 0 unspecified atom stereocenters. The van der Waals surface area contributed by atoms with E-state index in [4.69, 9.17) is 0 Å². The van der Waals surface area contributed by atoms with Crippen LogP contribution in [0.3, 0.4) is 0 Å². The highest BCUT2D eigenvalue weighted by Crippen LogP contribution is 2.57. The molecule has 1 rings (SSSR count). The van der Waals surface area contributed by atoms with E-state index in [0.717, 1.165) is 0 Å². The molecule has 56 valence electrons. The molecule has 2 amide bonds. The van der Waals surface area contributed by atoms with Gasteiger partial charge in [0, 0.05) is 12.8 Å². The molecule has 0 aromatic heterocycles. The number of hydrogen-bond donors (Lipinski definition) is 0. The molecule has 3 nitrogen and oxygen atoms in total. The SMILES string of the molecule is O=C1CCC(=O)N1P(Br)Br. The molecule has 1 aliphatic heterocycles. The summed E-state index contributed by atoms with van der Waals surface area (Å²) >= 11 is 6.30. The molecular formula is C4H4Br2NO2P. The Morgan fingerprint density at radius 3 is 1.80 bits per heavy atom. The zero-order valence-electron chi connectivity index (χ0n) is 4.88. The molecule has 0 radical (unpaired) electrons. The van der Waals surface area contributed by atoms with Crippen LogP contribution in [0.2, 0.25) is 0 Å². The zero-order chi connectivity index (χ0) is 7.72. The van der Waals surface area contributed by atoms with Gasteiger partial charge in [0.25, 0.3) is 0 Å². The van der Waals surface area contributed by atoms with Gasteiger partial charge in [0.2, 0.25) is 11.8 Å². The fourth-order valence-electron chi connectivity index (χ4n) is 0.733. The van der Waals surface area contributed by atoms with Crippen molar-refractivity contribution in [2.45, 2.75) is 12.8 Å². The lowest BCUT2D eigenvalue weighted by molar-refractivity contribution is -0.131. The van der Waals surface area contributed by atoms with Crippen LogP contribution in [-0.4, -0.2) is 16.5 Å². The maximum atomic E-state index is 10.9. The van der Waals surface area contributed by atoms with Crippen molar-refractivity contribution in [3.8, 4) is 0 Å². The summed E-state index contributed by atoms with van der Waals surface area (Å²) in [5.41, 5.74) is -0.921. The van der Waals surface area contributed by atoms with Crippen molar-refractivity contribution in [3.63, 3.8) is 0 Å². The third kappa shape index (κ3) is 1.57. The molecule has 6 heteroatoms. The summed E-state index contributed by atoms with van der Waals surface area (Å²) in [7, 11) is 0. The largest absolute Gasteiger partial charge is 0.274 e. The molecular weight excluding hydrogens is 285 g/mol. The molecule has 0 spiro atoms. The molecule has 1 fully saturated rings. The van der Waals surface area contributed by atoms with Crippen molar-refractivity contribution in [2.24, 2.45) is 0 Å². The lowest BCUT2D eigenvalue weighted by atomic mass is 10.4. The average Bonchev–Trinajstić information content (AvgIpc) is 2.11. The van der Waals surface area contributed by atoms with Crippen molar-refractivity contribution in [3.05, 3.63) is 0 Å². The molecule has 1 heterocycles. The maximum Gasteiger partial charge on any atom is 0.234 e. The van der Waals surface area contributed by atoms with Gasteiger partial charge >= 0.3 is 0 Å².